The van der Waals surface area contributed by atoms with Gasteiger partial charge in [-0.1, -0.05) is 25.5 Å². The van der Waals surface area contributed by atoms with Crippen LogP contribution in [0.2, 0.25) is 0 Å². The zero-order chi connectivity index (χ0) is 23.5. The summed E-state index contributed by atoms with van der Waals surface area (Å²) in [6, 6.07) is 4.41. The molecule has 2 aliphatic heterocycles. The molecule has 1 saturated carbocycles. The maximum Gasteiger partial charge on any atom is 0.311 e. The average molecular weight is 456 g/mol. The molecule has 33 heavy (non-hydrogen) atoms. The number of rotatable bonds is 4. The Morgan fingerprint density at radius 2 is 1.85 bits per heavy atom. The first kappa shape index (κ1) is 22.7. The molecule has 6 heteroatoms. The maximum atomic E-state index is 13.1. The van der Waals surface area contributed by atoms with Gasteiger partial charge in [0.25, 0.3) is 0 Å². The van der Waals surface area contributed by atoms with Crippen LogP contribution in [0.4, 0.5) is 0 Å². The summed E-state index contributed by atoms with van der Waals surface area (Å²) in [6.07, 6.45) is 5.29. The smallest absolute Gasteiger partial charge is 0.311 e. The maximum absolute atomic E-state index is 13.1. The Kier molecular flexibility index (Phi) is 5.73. The number of fused-ring (bicyclic) bond motifs is 3. The molecular formula is C27H37NO5. The van der Waals surface area contributed by atoms with Gasteiger partial charge in [-0.25, -0.2) is 0 Å². The van der Waals surface area contributed by atoms with Crippen LogP contribution < -0.4 is 9.47 Å². The fourth-order valence-corrected chi connectivity index (χ4v) is 6.89. The van der Waals surface area contributed by atoms with E-state index in [4.69, 9.17) is 14.2 Å². The van der Waals surface area contributed by atoms with Crippen LogP contribution in [0.25, 0.3) is 0 Å². The highest BCUT2D eigenvalue weighted by Gasteiger charge is 2.60. The minimum atomic E-state index is -0.564. The predicted molar refractivity (Wildman–Crippen MR) is 125 cm³/mol. The Bertz CT molecular complexity index is 974. The molecule has 2 heterocycles. The number of allylic oxidation sites excluding steroid dienone is 1. The largest absolute Gasteiger partial charge is 0.493 e. The van der Waals surface area contributed by atoms with E-state index in [2.05, 4.69) is 43.9 Å². The lowest BCUT2D eigenvalue weighted by molar-refractivity contribution is -0.145. The Hall–Kier alpha value is -2.05. The zero-order valence-electron chi connectivity index (χ0n) is 20.5. The molecule has 2 aliphatic carbocycles. The van der Waals surface area contributed by atoms with Gasteiger partial charge in [-0.15, -0.1) is 0 Å². The molecule has 180 valence electrons. The van der Waals surface area contributed by atoms with Crippen molar-refractivity contribution in [1.82, 2.24) is 4.90 Å². The van der Waals surface area contributed by atoms with E-state index in [1.165, 1.54) is 16.7 Å². The van der Waals surface area contributed by atoms with E-state index in [1.54, 1.807) is 14.2 Å². The third kappa shape index (κ3) is 3.48. The van der Waals surface area contributed by atoms with Gasteiger partial charge in [0, 0.05) is 36.9 Å². The topological polar surface area (TPSA) is 68.2 Å². The van der Waals surface area contributed by atoms with Crippen molar-refractivity contribution in [3.63, 3.8) is 0 Å². The van der Waals surface area contributed by atoms with Crippen molar-refractivity contribution in [1.29, 1.82) is 0 Å². The van der Waals surface area contributed by atoms with Gasteiger partial charge in [0.05, 0.1) is 26.2 Å². The molecule has 0 bridgehead atoms. The molecule has 2 fully saturated rings. The summed E-state index contributed by atoms with van der Waals surface area (Å²) in [7, 11) is 3.32. The van der Waals surface area contributed by atoms with E-state index >= 15 is 0 Å². The number of carbonyl (C=O) groups is 1. The summed E-state index contributed by atoms with van der Waals surface area (Å²) in [6.45, 7) is 8.00. The monoisotopic (exact) mass is 455 g/mol. The van der Waals surface area contributed by atoms with E-state index < -0.39 is 6.10 Å². The average Bonchev–Trinajstić information content (AvgIpc) is 3.10. The summed E-state index contributed by atoms with van der Waals surface area (Å²) in [5.41, 5.74) is 3.48. The molecule has 0 amide bonds. The highest BCUT2D eigenvalue weighted by atomic mass is 16.6. The van der Waals surface area contributed by atoms with E-state index in [0.29, 0.717) is 12.5 Å². The molecule has 0 radical (unpaired) electrons. The van der Waals surface area contributed by atoms with Crippen LogP contribution in [-0.2, 0) is 22.5 Å². The SMILES string of the molecule is COc1cc2c(cc1OC)CN(C[C@H]1C(=O)O[C@@H]3CC4=CCC[C@@H](C)[C@@]4(C)[C@H](O)[C@H]31)[C@@H](C)C2. The van der Waals surface area contributed by atoms with Crippen molar-refractivity contribution >= 4 is 5.97 Å². The lowest BCUT2D eigenvalue weighted by atomic mass is 9.55. The van der Waals surface area contributed by atoms with Gasteiger partial charge >= 0.3 is 5.97 Å². The van der Waals surface area contributed by atoms with Crippen molar-refractivity contribution in [2.45, 2.75) is 71.2 Å². The first-order chi connectivity index (χ1) is 15.8. The van der Waals surface area contributed by atoms with Gasteiger partial charge in [-0.05, 0) is 55.4 Å². The van der Waals surface area contributed by atoms with Gasteiger partial charge in [0.1, 0.15) is 6.10 Å². The number of aliphatic hydroxyl groups excluding tert-OH is 1. The normalized spacial score (nSPS) is 38.0. The lowest BCUT2D eigenvalue weighted by Crippen LogP contribution is -2.55. The summed E-state index contributed by atoms with van der Waals surface area (Å²) < 4.78 is 16.9. The third-order valence-corrected chi connectivity index (χ3v) is 9.22. The van der Waals surface area contributed by atoms with Crippen LogP contribution in [0.3, 0.4) is 0 Å². The number of hydrogen-bond donors (Lipinski definition) is 1. The number of carbonyl (C=O) groups excluding carboxylic acids is 1. The third-order valence-electron chi connectivity index (χ3n) is 9.22. The Morgan fingerprint density at radius 1 is 1.15 bits per heavy atom. The van der Waals surface area contributed by atoms with Crippen LogP contribution in [0.15, 0.2) is 23.8 Å². The second-order valence-electron chi connectivity index (χ2n) is 10.8. The molecule has 1 aromatic carbocycles. The van der Waals surface area contributed by atoms with Crippen molar-refractivity contribution in [2.75, 3.05) is 20.8 Å². The molecule has 4 aliphatic rings. The number of benzene rings is 1. The van der Waals surface area contributed by atoms with E-state index in [0.717, 1.165) is 43.7 Å². The van der Waals surface area contributed by atoms with Crippen LogP contribution in [0, 0.1) is 23.2 Å². The van der Waals surface area contributed by atoms with Crippen LogP contribution in [-0.4, -0.2) is 55.0 Å². The first-order valence-corrected chi connectivity index (χ1v) is 12.3. The summed E-state index contributed by atoms with van der Waals surface area (Å²) in [5.74, 6) is 1.27. The number of aliphatic hydroxyl groups is 1. The molecule has 1 N–H and O–H groups in total. The molecule has 1 aromatic rings. The Labute approximate surface area is 196 Å². The van der Waals surface area contributed by atoms with Gasteiger partial charge in [0.15, 0.2) is 11.5 Å². The second kappa shape index (κ2) is 8.31. The molecule has 6 nitrogen and oxygen atoms in total. The molecule has 0 aromatic heterocycles. The lowest BCUT2D eigenvalue weighted by Gasteiger charge is -2.52. The van der Waals surface area contributed by atoms with Crippen LogP contribution >= 0.6 is 0 Å². The zero-order valence-corrected chi connectivity index (χ0v) is 20.5. The number of methoxy groups -OCH3 is 2. The number of esters is 1. The summed E-state index contributed by atoms with van der Waals surface area (Å²) in [5, 5.41) is 11.6. The summed E-state index contributed by atoms with van der Waals surface area (Å²) >= 11 is 0. The fraction of sp³-hybridized carbons (Fsp3) is 0.667. The molecule has 1 saturated heterocycles. The molecule has 0 spiro atoms. The number of hydrogen-bond acceptors (Lipinski definition) is 6. The van der Waals surface area contributed by atoms with Crippen LogP contribution in [0.1, 0.15) is 51.2 Å². The number of ether oxygens (including phenoxy) is 3. The van der Waals surface area contributed by atoms with Crippen LogP contribution in [0.5, 0.6) is 11.5 Å². The molecule has 0 unspecified atom stereocenters. The predicted octanol–water partition coefficient (Wildman–Crippen LogP) is 3.74. The van der Waals surface area contributed by atoms with Crippen molar-refractivity contribution in [3.8, 4) is 11.5 Å². The highest BCUT2D eigenvalue weighted by Crippen LogP contribution is 2.56. The summed E-state index contributed by atoms with van der Waals surface area (Å²) in [4.78, 5) is 15.4. The van der Waals surface area contributed by atoms with Gasteiger partial charge in [-0.2, -0.15) is 0 Å². The minimum absolute atomic E-state index is 0.148. The van der Waals surface area contributed by atoms with E-state index in [9.17, 15) is 9.90 Å². The number of nitrogens with zero attached hydrogens (tertiary/aromatic N) is 1. The standard InChI is InChI=1S/C27H37NO5/c1-15-7-6-8-19-12-23-24(25(29)27(15,19)3)20(26(30)33-23)14-28-13-18-11-22(32-5)21(31-4)10-17(18)9-16(28)2/h8,10-11,15-16,20,23-25,29H,6-7,9,12-14H2,1-5H3/t15-,16+,20-,23-,24+,25-,27-/m1/s1. The van der Waals surface area contributed by atoms with Crippen molar-refractivity contribution in [3.05, 3.63) is 34.9 Å². The highest BCUT2D eigenvalue weighted by molar-refractivity contribution is 5.76. The van der Waals surface area contributed by atoms with Gasteiger partial charge in [-0.3, -0.25) is 9.69 Å². The molecule has 5 rings (SSSR count). The van der Waals surface area contributed by atoms with E-state index in [1.807, 2.05) is 0 Å². The van der Waals surface area contributed by atoms with E-state index in [-0.39, 0.29) is 35.4 Å². The molecule has 7 atom stereocenters. The minimum Gasteiger partial charge on any atom is -0.493 e. The molecular weight excluding hydrogens is 418 g/mol. The van der Waals surface area contributed by atoms with Gasteiger partial charge in [0.2, 0.25) is 0 Å². The fourth-order valence-electron chi connectivity index (χ4n) is 6.89. The van der Waals surface area contributed by atoms with Crippen molar-refractivity contribution < 1.29 is 24.1 Å². The Balaban J connectivity index is 1.40. The van der Waals surface area contributed by atoms with Gasteiger partial charge < -0.3 is 19.3 Å². The van der Waals surface area contributed by atoms with Crippen molar-refractivity contribution in [2.24, 2.45) is 23.2 Å². The second-order valence-corrected chi connectivity index (χ2v) is 10.8. The Morgan fingerprint density at radius 3 is 2.55 bits per heavy atom. The quantitative estimate of drug-likeness (QED) is 0.551. The first-order valence-electron chi connectivity index (χ1n) is 12.3.